The molecule has 2 aromatic carbocycles. The molecule has 9 heteroatoms. The fraction of sp³-hybridized carbons (Fsp3) is 0.250. The number of carbonyl (C=O) groups excluding carboxylic acids is 2. The molecule has 2 aromatic rings. The summed E-state index contributed by atoms with van der Waals surface area (Å²) in [7, 11) is 0. The summed E-state index contributed by atoms with van der Waals surface area (Å²) in [5.74, 6) is -1.82. The molecule has 0 saturated heterocycles. The second-order valence-electron chi connectivity index (χ2n) is 6.15. The Kier molecular flexibility index (Phi) is 8.42. The van der Waals surface area contributed by atoms with Crippen LogP contribution in [0.3, 0.4) is 0 Å². The van der Waals surface area contributed by atoms with Gasteiger partial charge in [-0.2, -0.15) is 5.10 Å². The van der Waals surface area contributed by atoms with Crippen LogP contribution in [0.5, 0.6) is 5.75 Å². The maximum Gasteiger partial charge on any atom is 0.329 e. The summed E-state index contributed by atoms with van der Waals surface area (Å²) in [6.45, 7) is 3.56. The molecule has 0 aromatic heterocycles. The molecule has 2 rings (SSSR count). The highest BCUT2D eigenvalue weighted by Crippen LogP contribution is 2.25. The van der Waals surface area contributed by atoms with Gasteiger partial charge in [0.2, 0.25) is 0 Å². The second-order valence-corrected chi connectivity index (χ2v) is 7.00. The summed E-state index contributed by atoms with van der Waals surface area (Å²) < 4.78 is 19.5. The number of rotatable bonds is 7. The Morgan fingerprint density at radius 3 is 2.69 bits per heavy atom. The Morgan fingerprint density at radius 2 is 2.00 bits per heavy atom. The number of hydrogen-bond acceptors (Lipinski definition) is 4. The third kappa shape index (κ3) is 6.73. The maximum atomic E-state index is 13.9. The standard InChI is InChI=1S/C20H20Cl2FN3O3/c1-3-12(2)25-19(27)20(28)26-24-10-13-9-14(21)7-8-18(13)29-11-15-16(22)5-4-6-17(15)23/h4-10,12H,3,11H2,1-2H3,(H,25,27)(H,26,28)/b24-10-/t12-/m1/s1. The summed E-state index contributed by atoms with van der Waals surface area (Å²) in [5, 5.41) is 6.94. The minimum absolute atomic E-state index is 0.113. The molecule has 2 amide bonds. The van der Waals surface area contributed by atoms with Crippen LogP contribution in [-0.2, 0) is 16.2 Å². The first kappa shape index (κ1) is 22.6. The molecule has 0 saturated carbocycles. The van der Waals surface area contributed by atoms with Crippen LogP contribution < -0.4 is 15.5 Å². The highest BCUT2D eigenvalue weighted by Gasteiger charge is 2.14. The summed E-state index contributed by atoms with van der Waals surface area (Å²) in [6.07, 6.45) is 1.97. The smallest absolute Gasteiger partial charge is 0.329 e. The predicted octanol–water partition coefficient (Wildman–Crippen LogP) is 4.08. The van der Waals surface area contributed by atoms with Crippen molar-refractivity contribution in [2.75, 3.05) is 0 Å². The van der Waals surface area contributed by atoms with Gasteiger partial charge in [-0.05, 0) is 43.7 Å². The van der Waals surface area contributed by atoms with Gasteiger partial charge in [-0.1, -0.05) is 36.2 Å². The molecule has 6 nitrogen and oxygen atoms in total. The van der Waals surface area contributed by atoms with Crippen molar-refractivity contribution in [1.82, 2.24) is 10.7 Å². The van der Waals surface area contributed by atoms with Crippen molar-refractivity contribution in [3.05, 3.63) is 63.4 Å². The van der Waals surface area contributed by atoms with E-state index >= 15 is 0 Å². The predicted molar refractivity (Wildman–Crippen MR) is 111 cm³/mol. The highest BCUT2D eigenvalue weighted by molar-refractivity contribution is 6.35. The third-order valence-electron chi connectivity index (χ3n) is 3.97. The van der Waals surface area contributed by atoms with Gasteiger partial charge < -0.3 is 10.1 Å². The lowest BCUT2D eigenvalue weighted by Crippen LogP contribution is -2.41. The average Bonchev–Trinajstić information content (AvgIpc) is 2.68. The largest absolute Gasteiger partial charge is 0.488 e. The highest BCUT2D eigenvalue weighted by atomic mass is 35.5. The fourth-order valence-electron chi connectivity index (χ4n) is 2.17. The van der Waals surface area contributed by atoms with E-state index in [0.29, 0.717) is 22.8 Å². The van der Waals surface area contributed by atoms with Crippen molar-refractivity contribution >= 4 is 41.2 Å². The van der Waals surface area contributed by atoms with Gasteiger partial charge in [0, 0.05) is 22.2 Å². The first-order valence-electron chi connectivity index (χ1n) is 8.81. The van der Waals surface area contributed by atoms with E-state index in [1.54, 1.807) is 31.2 Å². The van der Waals surface area contributed by atoms with Crippen LogP contribution >= 0.6 is 23.2 Å². The lowest BCUT2D eigenvalue weighted by molar-refractivity contribution is -0.139. The van der Waals surface area contributed by atoms with Gasteiger partial charge in [0.1, 0.15) is 18.2 Å². The van der Waals surface area contributed by atoms with Crippen molar-refractivity contribution in [1.29, 1.82) is 0 Å². The Balaban J connectivity index is 2.07. The zero-order valence-corrected chi connectivity index (χ0v) is 17.4. The fourth-order valence-corrected chi connectivity index (χ4v) is 2.57. The Hall–Kier alpha value is -2.64. The topological polar surface area (TPSA) is 79.8 Å². The van der Waals surface area contributed by atoms with E-state index in [2.05, 4.69) is 15.8 Å². The maximum absolute atomic E-state index is 13.9. The van der Waals surface area contributed by atoms with Crippen LogP contribution in [0.15, 0.2) is 41.5 Å². The van der Waals surface area contributed by atoms with Gasteiger partial charge >= 0.3 is 11.8 Å². The first-order chi connectivity index (χ1) is 13.8. The summed E-state index contributed by atoms with van der Waals surface area (Å²) in [6, 6.07) is 8.94. The molecular weight excluding hydrogens is 420 g/mol. The van der Waals surface area contributed by atoms with Gasteiger partial charge in [-0.25, -0.2) is 9.82 Å². The molecule has 29 heavy (non-hydrogen) atoms. The molecule has 0 unspecified atom stereocenters. The zero-order valence-electron chi connectivity index (χ0n) is 15.8. The van der Waals surface area contributed by atoms with Gasteiger partial charge in [0.15, 0.2) is 0 Å². The van der Waals surface area contributed by atoms with Crippen LogP contribution in [0, 0.1) is 5.82 Å². The van der Waals surface area contributed by atoms with Crippen molar-refractivity contribution in [3.8, 4) is 5.75 Å². The van der Waals surface area contributed by atoms with Gasteiger partial charge in [0.25, 0.3) is 0 Å². The quantitative estimate of drug-likeness (QED) is 0.387. The molecule has 0 aliphatic carbocycles. The number of hydrogen-bond donors (Lipinski definition) is 2. The number of nitrogens with zero attached hydrogens (tertiary/aromatic N) is 1. The van der Waals surface area contributed by atoms with Crippen molar-refractivity contribution in [2.45, 2.75) is 32.9 Å². The number of nitrogens with one attached hydrogen (secondary N) is 2. The molecule has 1 atom stereocenters. The number of benzene rings is 2. The van der Waals surface area contributed by atoms with Gasteiger partial charge in [0.05, 0.1) is 11.2 Å². The molecule has 0 aliphatic heterocycles. The van der Waals surface area contributed by atoms with E-state index in [0.717, 1.165) is 0 Å². The summed E-state index contributed by atoms with van der Waals surface area (Å²) in [5.41, 5.74) is 2.77. The van der Waals surface area contributed by atoms with E-state index in [1.165, 1.54) is 18.3 Å². The molecule has 154 valence electrons. The molecule has 0 bridgehead atoms. The number of ether oxygens (including phenoxy) is 1. The normalized spacial score (nSPS) is 11.9. The zero-order chi connectivity index (χ0) is 21.4. The molecule has 2 N–H and O–H groups in total. The summed E-state index contributed by atoms with van der Waals surface area (Å²) in [4.78, 5) is 23.5. The van der Waals surface area contributed by atoms with Gasteiger partial charge in [-0.3, -0.25) is 9.59 Å². The van der Waals surface area contributed by atoms with Crippen molar-refractivity contribution in [2.24, 2.45) is 5.10 Å². The van der Waals surface area contributed by atoms with Crippen LogP contribution in [0.25, 0.3) is 0 Å². The summed E-state index contributed by atoms with van der Waals surface area (Å²) >= 11 is 12.0. The number of amides is 2. The van der Waals surface area contributed by atoms with Crippen molar-refractivity contribution in [3.63, 3.8) is 0 Å². The molecular formula is C20H20Cl2FN3O3. The Morgan fingerprint density at radius 1 is 1.24 bits per heavy atom. The van der Waals surface area contributed by atoms with Crippen LogP contribution in [0.2, 0.25) is 10.0 Å². The number of carbonyl (C=O) groups is 2. The molecule has 0 aliphatic rings. The van der Waals surface area contributed by atoms with Crippen LogP contribution in [0.1, 0.15) is 31.4 Å². The lowest BCUT2D eigenvalue weighted by Gasteiger charge is -2.11. The Labute approximate surface area is 178 Å². The van der Waals surface area contributed by atoms with Crippen LogP contribution in [-0.4, -0.2) is 24.1 Å². The molecule has 0 fully saturated rings. The molecule has 0 spiro atoms. The van der Waals surface area contributed by atoms with E-state index in [1.807, 2.05) is 6.92 Å². The number of halogens is 3. The molecule has 0 radical (unpaired) electrons. The average molecular weight is 440 g/mol. The second kappa shape index (κ2) is 10.8. The Bertz CT molecular complexity index is 902. The first-order valence-corrected chi connectivity index (χ1v) is 9.56. The van der Waals surface area contributed by atoms with Crippen molar-refractivity contribution < 1.29 is 18.7 Å². The van der Waals surface area contributed by atoms with E-state index in [4.69, 9.17) is 27.9 Å². The number of hydrazone groups is 1. The van der Waals surface area contributed by atoms with E-state index < -0.39 is 17.6 Å². The third-order valence-corrected chi connectivity index (χ3v) is 4.56. The minimum atomic E-state index is -0.899. The van der Waals surface area contributed by atoms with E-state index in [9.17, 15) is 14.0 Å². The minimum Gasteiger partial charge on any atom is -0.488 e. The van der Waals surface area contributed by atoms with Crippen LogP contribution in [0.4, 0.5) is 4.39 Å². The molecule has 0 heterocycles. The monoisotopic (exact) mass is 439 g/mol. The lowest BCUT2D eigenvalue weighted by atomic mass is 10.2. The SMILES string of the molecule is CC[C@@H](C)NC(=O)C(=O)N/N=C\c1cc(Cl)ccc1OCc1c(F)cccc1Cl. The van der Waals surface area contributed by atoms with E-state index in [-0.39, 0.29) is 23.2 Å². The van der Waals surface area contributed by atoms with Gasteiger partial charge in [-0.15, -0.1) is 0 Å².